The van der Waals surface area contributed by atoms with E-state index in [9.17, 15) is 25.9 Å². The fraction of sp³-hybridized carbons (Fsp3) is 0.325. The molecule has 5 aromatic rings. The van der Waals surface area contributed by atoms with Gasteiger partial charge in [0.1, 0.15) is 39.4 Å². The van der Waals surface area contributed by atoms with Crippen molar-refractivity contribution in [3.05, 3.63) is 110 Å². The first kappa shape index (κ1) is 58.2. The average Bonchev–Trinajstić information content (AvgIpc) is 3.81. The summed E-state index contributed by atoms with van der Waals surface area (Å²) in [5, 5.41) is 20.9. The normalized spacial score (nSPS) is 13.5. The lowest BCUT2D eigenvalue weighted by Crippen LogP contribution is -2.21. The Kier molecular flexibility index (Phi) is 23.0. The van der Waals surface area contributed by atoms with E-state index in [1.54, 1.807) is 42.5 Å². The van der Waals surface area contributed by atoms with Gasteiger partial charge < -0.3 is 19.5 Å². The number of anilines is 1. The third-order valence-electron chi connectivity index (χ3n) is 9.03. The third kappa shape index (κ3) is 21.1. The number of nitrogens with one attached hydrogen (secondary N) is 1. The predicted molar refractivity (Wildman–Crippen MR) is 259 cm³/mol. The molecule has 3 N–H and O–H groups in total. The van der Waals surface area contributed by atoms with Crippen LogP contribution in [0.25, 0.3) is 0 Å². The standard InChI is InChI=1S/C40H40Cl4N8O9S2.2O3S/c1-2-12-60-35-21-33(51-49-27-8-6-26(41)7-9-27)31(43)16-24(35)18-38-46-39(48-40(47-38)45-23-29-5-3-13-59-29)19-25-17-32(44)34(22-36(25)61-14-4-15-62(53,54)55)52-50-28-10-11-30(42)37(20-28)63(56,57)58;2*1-4(2)3/h6-11,16-17,20-22,29H,2-5,12-15,18-19,23H2,1H3,(H,53,54,55)(H,56,57,58)(H,45,46,47,48);;. The highest BCUT2D eigenvalue weighted by Crippen LogP contribution is 2.38. The van der Waals surface area contributed by atoms with Gasteiger partial charge in [-0.3, -0.25) is 9.11 Å². The molecule has 31 heteroatoms. The van der Waals surface area contributed by atoms with E-state index in [1.807, 2.05) is 6.92 Å². The van der Waals surface area contributed by atoms with Crippen LogP contribution in [0.1, 0.15) is 55.4 Å². The van der Waals surface area contributed by atoms with Crippen molar-refractivity contribution >= 4 is 117 Å². The van der Waals surface area contributed by atoms with Gasteiger partial charge in [-0.1, -0.05) is 53.3 Å². The molecule has 1 unspecified atom stereocenters. The number of ether oxygens (including phenoxy) is 3. The van der Waals surface area contributed by atoms with Crippen molar-refractivity contribution in [2.24, 2.45) is 20.5 Å². The van der Waals surface area contributed by atoms with Crippen LogP contribution in [0.5, 0.6) is 11.5 Å². The molecule has 1 aromatic heterocycles. The number of hydrogen-bond donors (Lipinski definition) is 3. The van der Waals surface area contributed by atoms with Crippen molar-refractivity contribution in [1.29, 1.82) is 0 Å². The van der Waals surface area contributed by atoms with Crippen molar-refractivity contribution in [3.63, 3.8) is 0 Å². The van der Waals surface area contributed by atoms with Crippen LogP contribution >= 0.6 is 46.4 Å². The minimum atomic E-state index is -4.66. The summed E-state index contributed by atoms with van der Waals surface area (Å²) in [6.45, 7) is 3.36. The highest BCUT2D eigenvalue weighted by Gasteiger charge is 2.20. The molecule has 0 radical (unpaired) electrons. The van der Waals surface area contributed by atoms with Gasteiger partial charge in [-0.05, 0) is 80.3 Å². The molecule has 1 saturated heterocycles. The molecule has 23 nitrogen and oxygen atoms in total. The molecule has 382 valence electrons. The number of hydrogen-bond acceptors (Lipinski definition) is 21. The number of nitrogens with zero attached hydrogens (tertiary/aromatic N) is 7. The molecule has 0 saturated carbocycles. The smallest absolute Gasteiger partial charge is 0.425 e. The maximum Gasteiger partial charge on any atom is 0.425 e. The summed E-state index contributed by atoms with van der Waals surface area (Å²) in [5.41, 5.74) is 2.24. The molecule has 71 heavy (non-hydrogen) atoms. The van der Waals surface area contributed by atoms with Gasteiger partial charge in [0.25, 0.3) is 20.2 Å². The Morgan fingerprint density at radius 2 is 1.23 bits per heavy atom. The number of rotatable bonds is 20. The van der Waals surface area contributed by atoms with Crippen LogP contribution in [0.15, 0.2) is 92.1 Å². The summed E-state index contributed by atoms with van der Waals surface area (Å²) >= 11 is 25.4. The molecular weight excluding hydrogens is 1100 g/mol. The van der Waals surface area contributed by atoms with Crippen LogP contribution in [0.3, 0.4) is 0 Å². The predicted octanol–water partition coefficient (Wildman–Crippen LogP) is 8.77. The Morgan fingerprint density at radius 3 is 1.72 bits per heavy atom. The fourth-order valence-electron chi connectivity index (χ4n) is 6.04. The van der Waals surface area contributed by atoms with Crippen LogP contribution in [0, 0.1) is 0 Å². The second-order valence-electron chi connectivity index (χ2n) is 14.4. The van der Waals surface area contributed by atoms with E-state index >= 15 is 0 Å². The van der Waals surface area contributed by atoms with E-state index < -0.39 is 52.1 Å². The lowest BCUT2D eigenvalue weighted by Gasteiger charge is -2.16. The van der Waals surface area contributed by atoms with Crippen LogP contribution in [0.2, 0.25) is 20.1 Å². The highest BCUT2D eigenvalue weighted by molar-refractivity contribution is 7.86. The van der Waals surface area contributed by atoms with Crippen molar-refractivity contribution in [3.8, 4) is 11.5 Å². The van der Waals surface area contributed by atoms with Gasteiger partial charge in [-0.15, -0.1) is 35.5 Å². The first-order valence-electron chi connectivity index (χ1n) is 20.3. The average molecular weight is 1140 g/mol. The minimum absolute atomic E-state index is 0.0325. The lowest BCUT2D eigenvalue weighted by atomic mass is 10.1. The van der Waals surface area contributed by atoms with Crippen molar-refractivity contribution in [2.75, 3.05) is 37.4 Å². The van der Waals surface area contributed by atoms with Gasteiger partial charge in [0.15, 0.2) is 0 Å². The Morgan fingerprint density at radius 1 is 0.704 bits per heavy atom. The summed E-state index contributed by atoms with van der Waals surface area (Å²) in [7, 11) is -15.1. The number of benzene rings is 4. The van der Waals surface area contributed by atoms with Crippen LogP contribution < -0.4 is 14.8 Å². The fourth-order valence-corrected chi connectivity index (χ4v) is 8.09. The molecule has 4 aromatic carbocycles. The minimum Gasteiger partial charge on any atom is -0.493 e. The quantitative estimate of drug-likeness (QED) is 0.0372. The highest BCUT2D eigenvalue weighted by atomic mass is 35.5. The summed E-state index contributed by atoms with van der Waals surface area (Å²) in [5.74, 6) is 1.11. The largest absolute Gasteiger partial charge is 0.493 e. The lowest BCUT2D eigenvalue weighted by molar-refractivity contribution is 0.120. The van der Waals surface area contributed by atoms with E-state index in [2.05, 4.69) is 25.8 Å². The zero-order chi connectivity index (χ0) is 52.3. The van der Waals surface area contributed by atoms with E-state index in [-0.39, 0.29) is 65.1 Å². The Hall–Kier alpha value is -5.33. The zero-order valence-corrected chi connectivity index (χ0v) is 43.0. The second kappa shape index (κ2) is 28.1. The molecule has 0 amide bonds. The van der Waals surface area contributed by atoms with Gasteiger partial charge in [0.05, 0.1) is 51.5 Å². The maximum absolute atomic E-state index is 11.8. The molecule has 6 rings (SSSR count). The molecule has 1 fully saturated rings. The molecule has 0 aliphatic carbocycles. The molecule has 2 heterocycles. The number of aromatic nitrogens is 3. The van der Waals surface area contributed by atoms with Crippen molar-refractivity contribution < 1.29 is 65.4 Å². The summed E-state index contributed by atoms with van der Waals surface area (Å²) < 4.78 is 134. The molecule has 1 aliphatic heterocycles. The van der Waals surface area contributed by atoms with E-state index in [4.69, 9.17) is 101 Å². The van der Waals surface area contributed by atoms with Gasteiger partial charge in [-0.25, -0.2) is 4.98 Å². The molecule has 0 bridgehead atoms. The van der Waals surface area contributed by atoms with Gasteiger partial charge in [0, 0.05) is 54.3 Å². The van der Waals surface area contributed by atoms with Crippen LogP contribution in [-0.2, 0) is 59.0 Å². The first-order valence-corrected chi connectivity index (χ1v) is 26.9. The summed E-state index contributed by atoms with van der Waals surface area (Å²) in [4.78, 5) is 13.7. The molecule has 1 aliphatic rings. The zero-order valence-electron chi connectivity index (χ0n) is 36.7. The van der Waals surface area contributed by atoms with E-state index in [0.29, 0.717) is 69.7 Å². The van der Waals surface area contributed by atoms with E-state index in [0.717, 1.165) is 25.3 Å². The monoisotopic (exact) mass is 1140 g/mol. The maximum atomic E-state index is 11.8. The third-order valence-corrected chi connectivity index (χ3v) is 12.0. The first-order chi connectivity index (χ1) is 33.5. The SMILES string of the molecule is CCCOc1cc(N=Nc2ccc(Cl)cc2)c(Cl)cc1Cc1nc(Cc2cc(Cl)c(N=Nc3ccc(Cl)c(S(=O)(=O)O)c3)cc2OCCCS(=O)(=O)O)nc(NCC2CCCO2)n1.O=S(=O)=O.O=S(=O)=O. The van der Waals surface area contributed by atoms with Gasteiger partial charge in [0.2, 0.25) is 5.95 Å². The Bertz CT molecular complexity index is 3150. The molecule has 1 atom stereocenters. The van der Waals surface area contributed by atoms with Gasteiger partial charge >= 0.3 is 21.2 Å². The van der Waals surface area contributed by atoms with Crippen LogP contribution in [-0.4, -0.2) is 104 Å². The number of halogens is 4. The Balaban J connectivity index is 0.00000127. The topological polar surface area (TPSA) is 339 Å². The van der Waals surface area contributed by atoms with Crippen molar-refractivity contribution in [1.82, 2.24) is 15.0 Å². The van der Waals surface area contributed by atoms with Crippen LogP contribution in [0.4, 0.5) is 28.7 Å². The molecule has 0 spiro atoms. The van der Waals surface area contributed by atoms with E-state index in [1.165, 1.54) is 18.2 Å². The number of azo groups is 2. The summed E-state index contributed by atoms with van der Waals surface area (Å²) in [6.07, 6.45) is 2.65. The Labute approximate surface area is 429 Å². The second-order valence-corrected chi connectivity index (χ2v) is 19.8. The molecular formula is C40H40Cl4N8O15S4. The summed E-state index contributed by atoms with van der Waals surface area (Å²) in [6, 6.07) is 17.0. The van der Waals surface area contributed by atoms with Crippen molar-refractivity contribution in [2.45, 2.75) is 56.4 Å². The van der Waals surface area contributed by atoms with Gasteiger partial charge in [-0.2, -0.15) is 37.0 Å².